The van der Waals surface area contributed by atoms with Crippen molar-refractivity contribution in [3.63, 3.8) is 0 Å². The Morgan fingerprint density at radius 3 is 1.94 bits per heavy atom. The number of hydrogen-bond donors (Lipinski definition) is 0. The van der Waals surface area contributed by atoms with E-state index in [1.165, 1.54) is 27.1 Å². The molecule has 0 bridgehead atoms. The molecular formula is C44H39N3. The highest BCUT2D eigenvalue weighted by atomic mass is 14.9. The summed E-state index contributed by atoms with van der Waals surface area (Å²) in [5, 5.41) is 4.95. The monoisotopic (exact) mass is 609 g/mol. The van der Waals surface area contributed by atoms with Crippen LogP contribution in [0.5, 0.6) is 0 Å². The minimum absolute atomic E-state index is 0.212. The molecule has 2 heterocycles. The van der Waals surface area contributed by atoms with E-state index < -0.39 is 0 Å². The Morgan fingerprint density at radius 1 is 0.617 bits per heavy atom. The number of nitrogens with zero attached hydrogens (tertiary/aromatic N) is 3. The van der Waals surface area contributed by atoms with Crippen LogP contribution in [0, 0.1) is 13.8 Å². The molecule has 0 unspecified atom stereocenters. The zero-order valence-electron chi connectivity index (χ0n) is 27.8. The van der Waals surface area contributed by atoms with Gasteiger partial charge in [-0.1, -0.05) is 124 Å². The van der Waals surface area contributed by atoms with E-state index in [0.29, 0.717) is 0 Å². The number of hydrogen-bond acceptors (Lipinski definition) is 3. The van der Waals surface area contributed by atoms with Gasteiger partial charge in [-0.3, -0.25) is 4.98 Å². The Morgan fingerprint density at radius 2 is 1.26 bits per heavy atom. The molecule has 0 aliphatic rings. The van der Waals surface area contributed by atoms with Gasteiger partial charge in [-0.2, -0.15) is 0 Å². The van der Waals surface area contributed by atoms with Crippen molar-refractivity contribution in [3.05, 3.63) is 144 Å². The fourth-order valence-electron chi connectivity index (χ4n) is 6.64. The van der Waals surface area contributed by atoms with Crippen LogP contribution in [0.3, 0.4) is 0 Å². The molecular weight excluding hydrogens is 571 g/mol. The number of aromatic nitrogens is 3. The highest BCUT2D eigenvalue weighted by Crippen LogP contribution is 2.39. The molecule has 0 atom stereocenters. The Labute approximate surface area is 277 Å². The molecule has 0 amide bonds. The number of rotatable bonds is 7. The Kier molecular flexibility index (Phi) is 8.22. The molecule has 0 N–H and O–H groups in total. The van der Waals surface area contributed by atoms with Gasteiger partial charge in [-0.25, -0.2) is 9.97 Å². The van der Waals surface area contributed by atoms with Crippen molar-refractivity contribution in [2.75, 3.05) is 0 Å². The number of allylic oxidation sites excluding steroid dienone is 1. The average molecular weight is 610 g/mol. The maximum Gasteiger partial charge on any atom is 0.160 e. The zero-order chi connectivity index (χ0) is 32.5. The summed E-state index contributed by atoms with van der Waals surface area (Å²) in [7, 11) is 0. The number of pyridine rings is 1. The molecule has 7 rings (SSSR count). The summed E-state index contributed by atoms with van der Waals surface area (Å²) in [6, 6.07) is 41.3. The van der Waals surface area contributed by atoms with E-state index in [4.69, 9.17) is 15.0 Å². The van der Waals surface area contributed by atoms with Crippen molar-refractivity contribution >= 4 is 27.6 Å². The molecule has 3 heteroatoms. The van der Waals surface area contributed by atoms with Crippen LogP contribution in [-0.4, -0.2) is 15.0 Å². The van der Waals surface area contributed by atoms with Crippen molar-refractivity contribution in [3.8, 4) is 44.9 Å². The molecule has 3 nitrogen and oxygen atoms in total. The maximum absolute atomic E-state index is 5.36. The van der Waals surface area contributed by atoms with E-state index in [1.807, 2.05) is 6.92 Å². The molecule has 0 saturated heterocycles. The summed E-state index contributed by atoms with van der Waals surface area (Å²) in [5.41, 5.74) is 11.9. The lowest BCUT2D eigenvalue weighted by Crippen LogP contribution is -2.05. The molecule has 0 saturated carbocycles. The molecule has 5 aromatic carbocycles. The second-order valence-electron chi connectivity index (χ2n) is 12.6. The predicted octanol–water partition coefficient (Wildman–Crippen LogP) is 12.0. The summed E-state index contributed by atoms with van der Waals surface area (Å²) in [4.78, 5) is 15.4. The summed E-state index contributed by atoms with van der Waals surface area (Å²) in [6.07, 6.45) is 5.35. The van der Waals surface area contributed by atoms with Crippen LogP contribution in [0.15, 0.2) is 121 Å². The van der Waals surface area contributed by atoms with Crippen LogP contribution in [0.4, 0.5) is 0 Å². The van der Waals surface area contributed by atoms with Gasteiger partial charge in [-0.05, 0) is 88.7 Å². The van der Waals surface area contributed by atoms with E-state index in [0.717, 1.165) is 68.4 Å². The molecule has 0 aliphatic heterocycles. The van der Waals surface area contributed by atoms with Gasteiger partial charge >= 0.3 is 0 Å². The number of aryl methyl sites for hydroxylation is 2. The SMILES string of the molecule is CC/C=C\c1c(-c2cccc(-c3ccc(C)nc3C)c2)nc(-c2cccc(-c3c4ccccc4cc4ccccc34)c2)nc1C(C)C. The third-order valence-corrected chi connectivity index (χ3v) is 8.89. The Bertz CT molecular complexity index is 2240. The minimum Gasteiger partial charge on any atom is -0.258 e. The molecule has 0 fully saturated rings. The van der Waals surface area contributed by atoms with E-state index in [9.17, 15) is 0 Å². The predicted molar refractivity (Wildman–Crippen MR) is 199 cm³/mol. The maximum atomic E-state index is 5.36. The van der Waals surface area contributed by atoms with Gasteiger partial charge in [0.2, 0.25) is 0 Å². The molecule has 0 aliphatic carbocycles. The minimum atomic E-state index is 0.212. The fraction of sp³-hybridized carbons (Fsp3) is 0.159. The highest BCUT2D eigenvalue weighted by molar-refractivity contribution is 6.12. The summed E-state index contributed by atoms with van der Waals surface area (Å²) < 4.78 is 0. The highest BCUT2D eigenvalue weighted by Gasteiger charge is 2.19. The van der Waals surface area contributed by atoms with E-state index >= 15 is 0 Å². The lowest BCUT2D eigenvalue weighted by molar-refractivity contribution is 0.814. The first-order valence-corrected chi connectivity index (χ1v) is 16.6. The van der Waals surface area contributed by atoms with Crippen LogP contribution in [0.1, 0.15) is 55.8 Å². The van der Waals surface area contributed by atoms with E-state index in [2.05, 4.69) is 155 Å². The quantitative estimate of drug-likeness (QED) is 0.169. The molecule has 47 heavy (non-hydrogen) atoms. The first kappa shape index (κ1) is 30.3. The molecule has 7 aromatic rings. The van der Waals surface area contributed by atoms with Gasteiger partial charge in [0, 0.05) is 33.6 Å². The van der Waals surface area contributed by atoms with Gasteiger partial charge in [-0.15, -0.1) is 0 Å². The second kappa shape index (κ2) is 12.8. The first-order valence-electron chi connectivity index (χ1n) is 16.6. The van der Waals surface area contributed by atoms with Gasteiger partial charge < -0.3 is 0 Å². The van der Waals surface area contributed by atoms with Gasteiger partial charge in [0.15, 0.2) is 5.82 Å². The standard InChI is InChI=1S/C44H39N3/c1-6-7-20-40-42(28(2)3)46-44(47-43(40)35-18-12-16-31(26-35)37-24-23-29(4)45-30(37)5)36-19-13-17-34(27-36)41-38-21-10-8-14-32(38)25-33-15-9-11-22-39(33)41/h7-28H,6H2,1-5H3/b20-7-. The lowest BCUT2D eigenvalue weighted by atomic mass is 9.91. The molecule has 2 aromatic heterocycles. The smallest absolute Gasteiger partial charge is 0.160 e. The summed E-state index contributed by atoms with van der Waals surface area (Å²) in [6.45, 7) is 10.7. The van der Waals surface area contributed by atoms with Crippen molar-refractivity contribution in [1.29, 1.82) is 0 Å². The topological polar surface area (TPSA) is 38.7 Å². The van der Waals surface area contributed by atoms with E-state index in [1.54, 1.807) is 0 Å². The summed E-state index contributed by atoms with van der Waals surface area (Å²) >= 11 is 0. The first-order chi connectivity index (χ1) is 22.9. The van der Waals surface area contributed by atoms with Crippen LogP contribution >= 0.6 is 0 Å². The van der Waals surface area contributed by atoms with Crippen molar-refractivity contribution in [2.24, 2.45) is 0 Å². The number of fused-ring (bicyclic) bond motifs is 2. The van der Waals surface area contributed by atoms with Crippen LogP contribution in [-0.2, 0) is 0 Å². The van der Waals surface area contributed by atoms with Gasteiger partial charge in [0.1, 0.15) is 0 Å². The Hall–Kier alpha value is -5.41. The van der Waals surface area contributed by atoms with Crippen molar-refractivity contribution in [2.45, 2.75) is 47.0 Å². The van der Waals surface area contributed by atoms with Crippen LogP contribution in [0.25, 0.3) is 72.5 Å². The fourth-order valence-corrected chi connectivity index (χ4v) is 6.64. The zero-order valence-corrected chi connectivity index (χ0v) is 27.8. The third-order valence-electron chi connectivity index (χ3n) is 8.89. The van der Waals surface area contributed by atoms with Crippen molar-refractivity contribution < 1.29 is 0 Å². The number of benzene rings is 5. The molecule has 230 valence electrons. The summed E-state index contributed by atoms with van der Waals surface area (Å²) in [5.74, 6) is 0.950. The van der Waals surface area contributed by atoms with Crippen LogP contribution in [0.2, 0.25) is 0 Å². The van der Waals surface area contributed by atoms with Gasteiger partial charge in [0.25, 0.3) is 0 Å². The normalized spacial score (nSPS) is 11.7. The largest absolute Gasteiger partial charge is 0.258 e. The lowest BCUT2D eigenvalue weighted by Gasteiger charge is -2.17. The van der Waals surface area contributed by atoms with Crippen LogP contribution < -0.4 is 0 Å². The average Bonchev–Trinajstić information content (AvgIpc) is 3.09. The second-order valence-corrected chi connectivity index (χ2v) is 12.6. The van der Waals surface area contributed by atoms with Crippen molar-refractivity contribution in [1.82, 2.24) is 15.0 Å². The Balaban J connectivity index is 1.44. The molecule has 0 radical (unpaired) electrons. The molecule has 0 spiro atoms. The van der Waals surface area contributed by atoms with Gasteiger partial charge in [0.05, 0.1) is 11.4 Å². The van der Waals surface area contributed by atoms with E-state index in [-0.39, 0.29) is 5.92 Å². The third kappa shape index (κ3) is 5.86.